The number of piperazine rings is 1. The Kier molecular flexibility index (Phi) is 7.11. The molecule has 2 heterocycles. The number of rotatable bonds is 8. The first kappa shape index (κ1) is 20.0. The van der Waals surface area contributed by atoms with Gasteiger partial charge >= 0.3 is 5.97 Å². The number of benzene rings is 1. The van der Waals surface area contributed by atoms with Crippen LogP contribution in [0.1, 0.15) is 12.1 Å². The number of para-hydroxylation sites is 1. The predicted octanol–water partition coefficient (Wildman–Crippen LogP) is 1.93. The van der Waals surface area contributed by atoms with E-state index in [1.54, 1.807) is 18.3 Å². The van der Waals surface area contributed by atoms with Crippen molar-refractivity contribution >= 4 is 17.6 Å². The van der Waals surface area contributed by atoms with Crippen LogP contribution in [0.4, 0.5) is 5.69 Å². The molecular weight excluding hydrogens is 356 g/mol. The maximum atomic E-state index is 12.2. The first-order valence-corrected chi connectivity index (χ1v) is 9.52. The normalized spacial score (nSPS) is 16.4. The van der Waals surface area contributed by atoms with Gasteiger partial charge in [0.05, 0.1) is 11.6 Å². The van der Waals surface area contributed by atoms with E-state index in [1.165, 1.54) is 0 Å². The molecule has 1 aliphatic heterocycles. The number of carbonyl (C=O) groups excluding carboxylic acids is 1. The minimum Gasteiger partial charge on any atom is -0.481 e. The predicted molar refractivity (Wildman–Crippen MR) is 107 cm³/mol. The lowest BCUT2D eigenvalue weighted by Gasteiger charge is -2.35. The van der Waals surface area contributed by atoms with Crippen molar-refractivity contribution in [2.45, 2.75) is 13.0 Å². The molecule has 0 spiro atoms. The fourth-order valence-electron chi connectivity index (χ4n) is 3.35. The SMILES string of the molecule is O=C(CC(CN1CCN(Cc2ccccn2)CC1)C(=O)O)Nc1ccccc1. The lowest BCUT2D eigenvalue weighted by Crippen LogP contribution is -2.48. The zero-order chi connectivity index (χ0) is 19.8. The topological polar surface area (TPSA) is 85.8 Å². The maximum Gasteiger partial charge on any atom is 0.308 e. The van der Waals surface area contributed by atoms with E-state index in [0.717, 1.165) is 38.4 Å². The van der Waals surface area contributed by atoms with Crippen molar-refractivity contribution in [3.05, 3.63) is 60.4 Å². The second kappa shape index (κ2) is 9.96. The summed E-state index contributed by atoms with van der Waals surface area (Å²) >= 11 is 0. The third-order valence-electron chi connectivity index (χ3n) is 4.89. The molecule has 2 N–H and O–H groups in total. The van der Waals surface area contributed by atoms with E-state index in [9.17, 15) is 14.7 Å². The van der Waals surface area contributed by atoms with Crippen molar-refractivity contribution in [2.24, 2.45) is 5.92 Å². The first-order valence-electron chi connectivity index (χ1n) is 9.52. The molecule has 148 valence electrons. The minimum absolute atomic E-state index is 0.0294. The van der Waals surface area contributed by atoms with Gasteiger partial charge in [0.15, 0.2) is 0 Å². The lowest BCUT2D eigenvalue weighted by atomic mass is 10.0. The fourth-order valence-corrected chi connectivity index (χ4v) is 3.35. The number of hydrogen-bond acceptors (Lipinski definition) is 5. The van der Waals surface area contributed by atoms with Gasteiger partial charge in [-0.3, -0.25) is 24.4 Å². The van der Waals surface area contributed by atoms with Crippen LogP contribution >= 0.6 is 0 Å². The molecule has 1 amide bonds. The average Bonchev–Trinajstić information content (AvgIpc) is 2.70. The van der Waals surface area contributed by atoms with Crippen molar-refractivity contribution in [1.29, 1.82) is 0 Å². The number of nitrogens with zero attached hydrogens (tertiary/aromatic N) is 3. The van der Waals surface area contributed by atoms with Gasteiger partial charge in [0, 0.05) is 57.6 Å². The summed E-state index contributed by atoms with van der Waals surface area (Å²) in [4.78, 5) is 32.7. The third kappa shape index (κ3) is 6.14. The van der Waals surface area contributed by atoms with E-state index < -0.39 is 11.9 Å². The summed E-state index contributed by atoms with van der Waals surface area (Å²) in [5.41, 5.74) is 1.72. The minimum atomic E-state index is -0.931. The summed E-state index contributed by atoms with van der Waals surface area (Å²) in [6.45, 7) is 4.48. The van der Waals surface area contributed by atoms with E-state index in [1.807, 2.05) is 36.4 Å². The van der Waals surface area contributed by atoms with E-state index in [-0.39, 0.29) is 12.3 Å². The summed E-state index contributed by atoms with van der Waals surface area (Å²) in [7, 11) is 0. The van der Waals surface area contributed by atoms with E-state index in [4.69, 9.17) is 0 Å². The number of amides is 1. The van der Waals surface area contributed by atoms with Crippen molar-refractivity contribution in [3.63, 3.8) is 0 Å². The zero-order valence-corrected chi connectivity index (χ0v) is 15.8. The standard InChI is InChI=1S/C21H26N4O3/c26-20(23-18-6-2-1-3-7-18)14-17(21(27)28)15-24-10-12-25(13-11-24)16-19-8-4-5-9-22-19/h1-9,17H,10-16H2,(H,23,26)(H,27,28). The molecular formula is C21H26N4O3. The Morgan fingerprint density at radius 1 is 1.00 bits per heavy atom. The van der Waals surface area contributed by atoms with E-state index in [2.05, 4.69) is 20.1 Å². The summed E-state index contributed by atoms with van der Waals surface area (Å²) in [6, 6.07) is 15.0. The van der Waals surface area contributed by atoms with E-state index >= 15 is 0 Å². The van der Waals surface area contributed by atoms with Crippen LogP contribution in [-0.2, 0) is 16.1 Å². The Hall–Kier alpha value is -2.77. The van der Waals surface area contributed by atoms with Gasteiger partial charge in [0.1, 0.15) is 0 Å². The Bertz CT molecular complexity index is 762. The zero-order valence-electron chi connectivity index (χ0n) is 15.8. The second-order valence-corrected chi connectivity index (χ2v) is 7.05. The molecule has 1 atom stereocenters. The Morgan fingerprint density at radius 3 is 2.32 bits per heavy atom. The molecule has 2 aromatic rings. The lowest BCUT2D eigenvalue weighted by molar-refractivity contribution is -0.144. The number of aliphatic carboxylic acids is 1. The van der Waals surface area contributed by atoms with Crippen molar-refractivity contribution < 1.29 is 14.7 Å². The molecule has 0 aliphatic carbocycles. The summed E-state index contributed by atoms with van der Waals surface area (Å²) in [6.07, 6.45) is 1.77. The highest BCUT2D eigenvalue weighted by molar-refractivity contribution is 5.93. The number of carboxylic acid groups (broad SMARTS) is 1. The second-order valence-electron chi connectivity index (χ2n) is 7.05. The Labute approximate surface area is 165 Å². The fraction of sp³-hybridized carbons (Fsp3) is 0.381. The Balaban J connectivity index is 1.46. The molecule has 7 heteroatoms. The third-order valence-corrected chi connectivity index (χ3v) is 4.89. The molecule has 1 saturated heterocycles. The molecule has 1 aromatic heterocycles. The molecule has 28 heavy (non-hydrogen) atoms. The molecule has 7 nitrogen and oxygen atoms in total. The van der Waals surface area contributed by atoms with Gasteiger partial charge in [-0.25, -0.2) is 0 Å². The monoisotopic (exact) mass is 382 g/mol. The van der Waals surface area contributed by atoms with Crippen LogP contribution in [0.3, 0.4) is 0 Å². The van der Waals surface area contributed by atoms with Gasteiger partial charge in [0.2, 0.25) is 5.91 Å². The molecule has 0 bridgehead atoms. The molecule has 0 radical (unpaired) electrons. The first-order chi connectivity index (χ1) is 13.6. The summed E-state index contributed by atoms with van der Waals surface area (Å²) in [5.74, 6) is -1.92. The van der Waals surface area contributed by atoms with Crippen LogP contribution in [0.2, 0.25) is 0 Å². The number of carbonyl (C=O) groups is 2. The highest BCUT2D eigenvalue weighted by atomic mass is 16.4. The average molecular weight is 382 g/mol. The molecule has 1 aliphatic rings. The van der Waals surface area contributed by atoms with Gasteiger partial charge in [-0.15, -0.1) is 0 Å². The number of nitrogens with one attached hydrogen (secondary N) is 1. The van der Waals surface area contributed by atoms with Gasteiger partial charge in [-0.1, -0.05) is 24.3 Å². The van der Waals surface area contributed by atoms with E-state index in [0.29, 0.717) is 12.2 Å². The summed E-state index contributed by atoms with van der Waals surface area (Å²) < 4.78 is 0. The van der Waals surface area contributed by atoms with Crippen LogP contribution in [0.5, 0.6) is 0 Å². The van der Waals surface area contributed by atoms with Gasteiger partial charge in [-0.05, 0) is 24.3 Å². The highest BCUT2D eigenvalue weighted by Crippen LogP contribution is 2.13. The molecule has 3 rings (SSSR count). The maximum absolute atomic E-state index is 12.2. The van der Waals surface area contributed by atoms with Gasteiger partial charge in [0.25, 0.3) is 0 Å². The number of anilines is 1. The molecule has 1 aromatic carbocycles. The van der Waals surface area contributed by atoms with Crippen LogP contribution < -0.4 is 5.32 Å². The quantitative estimate of drug-likeness (QED) is 0.726. The Morgan fingerprint density at radius 2 is 1.68 bits per heavy atom. The number of pyridine rings is 1. The molecule has 0 saturated carbocycles. The number of aromatic nitrogens is 1. The van der Waals surface area contributed by atoms with Crippen molar-refractivity contribution in [3.8, 4) is 0 Å². The van der Waals surface area contributed by atoms with Crippen LogP contribution in [0.25, 0.3) is 0 Å². The highest BCUT2D eigenvalue weighted by Gasteiger charge is 2.26. The van der Waals surface area contributed by atoms with Crippen molar-refractivity contribution in [2.75, 3.05) is 38.0 Å². The molecule has 1 unspecified atom stereocenters. The molecule has 1 fully saturated rings. The van der Waals surface area contributed by atoms with Crippen LogP contribution in [-0.4, -0.2) is 64.5 Å². The van der Waals surface area contributed by atoms with Crippen LogP contribution in [0, 0.1) is 5.92 Å². The van der Waals surface area contributed by atoms with Crippen molar-refractivity contribution in [1.82, 2.24) is 14.8 Å². The van der Waals surface area contributed by atoms with Gasteiger partial charge in [-0.2, -0.15) is 0 Å². The number of hydrogen-bond donors (Lipinski definition) is 2. The smallest absolute Gasteiger partial charge is 0.308 e. The summed E-state index contributed by atoms with van der Waals surface area (Å²) in [5, 5.41) is 12.3. The number of carboxylic acids is 1. The van der Waals surface area contributed by atoms with Gasteiger partial charge < -0.3 is 10.4 Å². The van der Waals surface area contributed by atoms with Crippen LogP contribution in [0.15, 0.2) is 54.7 Å². The largest absolute Gasteiger partial charge is 0.481 e.